The van der Waals surface area contributed by atoms with Crippen LogP contribution < -0.4 is 0 Å². The second-order valence-electron chi connectivity index (χ2n) is 6.74. The highest BCUT2D eigenvalue weighted by molar-refractivity contribution is 7.99. The summed E-state index contributed by atoms with van der Waals surface area (Å²) < 4.78 is 5.04. The van der Waals surface area contributed by atoms with Gasteiger partial charge in [-0.2, -0.15) is 0 Å². The zero-order chi connectivity index (χ0) is 17.9. The van der Waals surface area contributed by atoms with E-state index < -0.39 is 0 Å². The van der Waals surface area contributed by atoms with E-state index in [0.29, 0.717) is 12.2 Å². The second-order valence-corrected chi connectivity index (χ2v) is 7.88. The molecule has 2 aromatic carbocycles. The average Bonchev–Trinajstić information content (AvgIpc) is 2.60. The maximum Gasteiger partial charge on any atom is 0.338 e. The van der Waals surface area contributed by atoms with Gasteiger partial charge in [-0.05, 0) is 66.5 Å². The minimum absolute atomic E-state index is 0.197. The number of carbonyl (C=O) groups is 1. The molecule has 2 aromatic rings. The molecule has 0 amide bonds. The molecule has 0 aromatic heterocycles. The van der Waals surface area contributed by atoms with Crippen LogP contribution in [0.1, 0.15) is 54.2 Å². The Morgan fingerprint density at radius 1 is 1.16 bits per heavy atom. The van der Waals surface area contributed by atoms with Crippen molar-refractivity contribution in [2.24, 2.45) is 0 Å². The number of fused-ring (bicyclic) bond motifs is 1. The van der Waals surface area contributed by atoms with Crippen LogP contribution >= 0.6 is 11.8 Å². The third-order valence-corrected chi connectivity index (χ3v) is 5.49. The minimum Gasteiger partial charge on any atom is -0.462 e. The van der Waals surface area contributed by atoms with Gasteiger partial charge in [0.2, 0.25) is 0 Å². The highest BCUT2D eigenvalue weighted by Gasteiger charge is 2.27. The maximum absolute atomic E-state index is 11.8. The van der Waals surface area contributed by atoms with Crippen LogP contribution in [0.15, 0.2) is 47.4 Å². The quantitative estimate of drug-likeness (QED) is 0.561. The molecule has 3 heteroatoms. The first-order valence-corrected chi connectivity index (χ1v) is 9.55. The molecule has 0 saturated carbocycles. The lowest BCUT2D eigenvalue weighted by Crippen LogP contribution is -2.22. The van der Waals surface area contributed by atoms with Crippen molar-refractivity contribution < 1.29 is 9.53 Å². The largest absolute Gasteiger partial charge is 0.462 e. The molecule has 0 unspecified atom stereocenters. The fourth-order valence-corrected chi connectivity index (χ4v) is 4.38. The van der Waals surface area contributed by atoms with Gasteiger partial charge in [0.25, 0.3) is 0 Å². The number of hydrogen-bond donors (Lipinski definition) is 0. The van der Waals surface area contributed by atoms with Gasteiger partial charge in [0.05, 0.1) is 12.2 Å². The minimum atomic E-state index is -0.307. The summed E-state index contributed by atoms with van der Waals surface area (Å²) >= 11 is 1.92. The number of esters is 1. The van der Waals surface area contributed by atoms with Crippen LogP contribution in [0.5, 0.6) is 0 Å². The first-order chi connectivity index (χ1) is 12.0. The predicted molar refractivity (Wildman–Crippen MR) is 103 cm³/mol. The summed E-state index contributed by atoms with van der Waals surface area (Å²) in [6, 6.07) is 13.8. The molecule has 0 radical (unpaired) electrons. The van der Waals surface area contributed by atoms with Crippen molar-refractivity contribution in [1.82, 2.24) is 0 Å². The summed E-state index contributed by atoms with van der Waals surface area (Å²) in [4.78, 5) is 13.2. The van der Waals surface area contributed by atoms with E-state index in [-0.39, 0.29) is 11.4 Å². The Labute approximate surface area is 154 Å². The number of thioether (sulfide) groups is 1. The molecule has 1 aliphatic heterocycles. The van der Waals surface area contributed by atoms with Crippen molar-refractivity contribution in [1.29, 1.82) is 0 Å². The van der Waals surface area contributed by atoms with Gasteiger partial charge in [0.15, 0.2) is 0 Å². The molecule has 2 nitrogen and oxygen atoms in total. The molecule has 1 heterocycles. The van der Waals surface area contributed by atoms with Crippen LogP contribution in [0, 0.1) is 11.8 Å². The monoisotopic (exact) mass is 350 g/mol. The fourth-order valence-electron chi connectivity index (χ4n) is 2.90. The van der Waals surface area contributed by atoms with E-state index in [4.69, 9.17) is 4.74 Å². The lowest BCUT2D eigenvalue weighted by atomic mass is 9.81. The summed E-state index contributed by atoms with van der Waals surface area (Å²) in [5.41, 5.74) is 3.95. The molecule has 128 valence electrons. The SMILES string of the molecule is CCOC(=O)c1cccc(C#Cc2ccc3c(c2)C(C)(C)CCS3)c1. The lowest BCUT2D eigenvalue weighted by molar-refractivity contribution is 0.0526. The Bertz CT molecular complexity index is 856. The van der Waals surface area contributed by atoms with Crippen LogP contribution in [-0.2, 0) is 10.2 Å². The molecule has 0 atom stereocenters. The molecule has 25 heavy (non-hydrogen) atoms. The predicted octanol–water partition coefficient (Wildman–Crippen LogP) is 5.04. The van der Waals surface area contributed by atoms with E-state index in [0.717, 1.165) is 11.1 Å². The van der Waals surface area contributed by atoms with E-state index in [9.17, 15) is 4.79 Å². The van der Waals surface area contributed by atoms with Crippen LogP contribution in [0.2, 0.25) is 0 Å². The van der Waals surface area contributed by atoms with Crippen molar-refractivity contribution in [3.8, 4) is 11.8 Å². The molecular weight excluding hydrogens is 328 g/mol. The van der Waals surface area contributed by atoms with Gasteiger partial charge in [-0.25, -0.2) is 4.79 Å². The Morgan fingerprint density at radius 3 is 2.68 bits per heavy atom. The van der Waals surface area contributed by atoms with Crippen molar-refractivity contribution in [2.45, 2.75) is 37.5 Å². The highest BCUT2D eigenvalue weighted by atomic mass is 32.2. The Morgan fingerprint density at radius 2 is 1.92 bits per heavy atom. The normalized spacial score (nSPS) is 14.8. The molecule has 0 N–H and O–H groups in total. The summed E-state index contributed by atoms with van der Waals surface area (Å²) in [6.45, 7) is 6.77. The average molecular weight is 350 g/mol. The zero-order valence-electron chi connectivity index (χ0n) is 14.9. The van der Waals surface area contributed by atoms with E-state index >= 15 is 0 Å². The third-order valence-electron chi connectivity index (χ3n) is 4.42. The lowest BCUT2D eigenvalue weighted by Gasteiger charge is -2.32. The second kappa shape index (κ2) is 7.37. The van der Waals surface area contributed by atoms with Crippen LogP contribution in [0.4, 0.5) is 0 Å². The Hall–Kier alpha value is -2.18. The first kappa shape index (κ1) is 17.6. The molecule has 1 aliphatic rings. The number of benzene rings is 2. The van der Waals surface area contributed by atoms with Crippen LogP contribution in [-0.4, -0.2) is 18.3 Å². The van der Waals surface area contributed by atoms with Crippen molar-refractivity contribution in [3.05, 3.63) is 64.7 Å². The molecular formula is C22H22O2S. The molecule has 0 spiro atoms. The highest BCUT2D eigenvalue weighted by Crippen LogP contribution is 2.41. The first-order valence-electron chi connectivity index (χ1n) is 8.56. The van der Waals surface area contributed by atoms with Crippen LogP contribution in [0.3, 0.4) is 0 Å². The van der Waals surface area contributed by atoms with Gasteiger partial charge < -0.3 is 4.74 Å². The van der Waals surface area contributed by atoms with Gasteiger partial charge in [0.1, 0.15) is 0 Å². The van der Waals surface area contributed by atoms with Gasteiger partial charge in [-0.3, -0.25) is 0 Å². The fraction of sp³-hybridized carbons (Fsp3) is 0.318. The smallest absolute Gasteiger partial charge is 0.338 e. The molecule has 3 rings (SSSR count). The standard InChI is InChI=1S/C22H22O2S/c1-4-24-21(23)18-7-5-6-16(14-18)8-9-17-10-11-20-19(15-17)22(2,3)12-13-25-20/h5-7,10-11,14-15H,4,12-13H2,1-3H3. The Balaban J connectivity index is 1.87. The topological polar surface area (TPSA) is 26.3 Å². The molecule has 0 fully saturated rings. The van der Waals surface area contributed by atoms with Crippen molar-refractivity contribution in [2.75, 3.05) is 12.4 Å². The van der Waals surface area contributed by atoms with E-state index in [1.165, 1.54) is 22.6 Å². The van der Waals surface area contributed by atoms with Crippen molar-refractivity contribution in [3.63, 3.8) is 0 Å². The van der Waals surface area contributed by atoms with E-state index in [1.54, 1.807) is 19.1 Å². The number of rotatable bonds is 2. The summed E-state index contributed by atoms with van der Waals surface area (Å²) in [5.74, 6) is 7.27. The van der Waals surface area contributed by atoms with Crippen molar-refractivity contribution >= 4 is 17.7 Å². The third kappa shape index (κ3) is 4.08. The van der Waals surface area contributed by atoms with Gasteiger partial charge in [-0.15, -0.1) is 11.8 Å². The molecule has 0 saturated heterocycles. The number of ether oxygens (including phenoxy) is 1. The van der Waals surface area contributed by atoms with Gasteiger partial charge >= 0.3 is 5.97 Å². The maximum atomic E-state index is 11.8. The van der Waals surface area contributed by atoms with Gasteiger partial charge in [0, 0.05) is 16.0 Å². The molecule has 0 aliphatic carbocycles. The summed E-state index contributed by atoms with van der Waals surface area (Å²) in [5, 5.41) is 0. The summed E-state index contributed by atoms with van der Waals surface area (Å²) in [7, 11) is 0. The number of carbonyl (C=O) groups excluding carboxylic acids is 1. The number of hydrogen-bond acceptors (Lipinski definition) is 3. The van der Waals surface area contributed by atoms with E-state index in [1.807, 2.05) is 23.9 Å². The van der Waals surface area contributed by atoms with Crippen LogP contribution in [0.25, 0.3) is 0 Å². The zero-order valence-corrected chi connectivity index (χ0v) is 15.7. The van der Waals surface area contributed by atoms with E-state index in [2.05, 4.69) is 43.9 Å². The summed E-state index contributed by atoms with van der Waals surface area (Å²) in [6.07, 6.45) is 1.18. The Kier molecular flexibility index (Phi) is 5.20. The molecule has 0 bridgehead atoms. The van der Waals surface area contributed by atoms with Gasteiger partial charge in [-0.1, -0.05) is 31.8 Å².